The van der Waals surface area contributed by atoms with E-state index in [-0.39, 0.29) is 18.5 Å². The summed E-state index contributed by atoms with van der Waals surface area (Å²) in [5, 5.41) is 0. The van der Waals surface area contributed by atoms with Crippen LogP contribution in [0.1, 0.15) is 30.4 Å². The summed E-state index contributed by atoms with van der Waals surface area (Å²) in [5.41, 5.74) is 2.01. The molecule has 0 spiro atoms. The second-order valence-electron chi connectivity index (χ2n) is 7.39. The van der Waals surface area contributed by atoms with E-state index >= 15 is 0 Å². The Balaban J connectivity index is 1.42. The van der Waals surface area contributed by atoms with Crippen LogP contribution in [0.5, 0.6) is 0 Å². The fourth-order valence-electron chi connectivity index (χ4n) is 3.40. The van der Waals surface area contributed by atoms with Crippen LogP contribution < -0.4 is 0 Å². The molecule has 28 heavy (non-hydrogen) atoms. The highest BCUT2D eigenvalue weighted by Crippen LogP contribution is 2.23. The second kappa shape index (κ2) is 9.24. The predicted octanol–water partition coefficient (Wildman–Crippen LogP) is 4.21. The lowest BCUT2D eigenvalue weighted by atomic mass is 9.95. The Hall–Kier alpha value is -2.34. The molecule has 0 aromatic heterocycles. The first-order valence-corrected chi connectivity index (χ1v) is 11.3. The normalized spacial score (nSPS) is 15.4. The van der Waals surface area contributed by atoms with Crippen molar-refractivity contribution in [2.24, 2.45) is 5.92 Å². The van der Waals surface area contributed by atoms with Crippen LogP contribution >= 0.6 is 0 Å². The molecular weight excluding hydrogens is 374 g/mol. The molecule has 1 aliphatic rings. The van der Waals surface area contributed by atoms with Gasteiger partial charge in [-0.2, -0.15) is 0 Å². The highest BCUT2D eigenvalue weighted by Gasteiger charge is 2.25. The van der Waals surface area contributed by atoms with Crippen molar-refractivity contribution in [1.82, 2.24) is 4.90 Å². The number of rotatable bonds is 6. The highest BCUT2D eigenvalue weighted by molar-refractivity contribution is 7.91. The zero-order valence-electron chi connectivity index (χ0n) is 16.2. The molecule has 0 radical (unpaired) electrons. The molecule has 1 aliphatic heterocycles. The lowest BCUT2D eigenvalue weighted by molar-refractivity contribution is 0.0820. The first-order valence-electron chi connectivity index (χ1n) is 9.69. The molecule has 0 atom stereocenters. The van der Waals surface area contributed by atoms with Crippen molar-refractivity contribution >= 4 is 15.9 Å². The van der Waals surface area contributed by atoms with E-state index in [0.29, 0.717) is 30.3 Å². The lowest BCUT2D eigenvalue weighted by Gasteiger charge is -2.31. The number of likely N-dealkylation sites (tertiary alicyclic amines) is 1. The lowest BCUT2D eigenvalue weighted by Crippen LogP contribution is -2.39. The van der Waals surface area contributed by atoms with E-state index < -0.39 is 9.84 Å². The van der Waals surface area contributed by atoms with Crippen LogP contribution in [0.4, 0.5) is 4.79 Å². The number of carbonyl (C=O) groups is 1. The average Bonchev–Trinajstić information content (AvgIpc) is 2.72. The fraction of sp³-hybridized carbons (Fsp3) is 0.409. The van der Waals surface area contributed by atoms with Gasteiger partial charge in [-0.1, -0.05) is 48.0 Å². The summed E-state index contributed by atoms with van der Waals surface area (Å²) in [6, 6.07) is 16.6. The van der Waals surface area contributed by atoms with E-state index in [0.717, 1.165) is 24.0 Å². The first-order chi connectivity index (χ1) is 13.4. The Bertz CT molecular complexity index is 871. The van der Waals surface area contributed by atoms with Gasteiger partial charge in [0.05, 0.1) is 10.6 Å². The van der Waals surface area contributed by atoms with Crippen molar-refractivity contribution in [3.05, 3.63) is 65.7 Å². The Morgan fingerprint density at radius 2 is 1.68 bits per heavy atom. The monoisotopic (exact) mass is 401 g/mol. The van der Waals surface area contributed by atoms with Gasteiger partial charge in [-0.25, -0.2) is 13.2 Å². The minimum absolute atomic E-state index is 0.152. The molecule has 150 valence electrons. The largest absolute Gasteiger partial charge is 0.445 e. The second-order valence-corrected chi connectivity index (χ2v) is 9.50. The summed E-state index contributed by atoms with van der Waals surface area (Å²) in [7, 11) is -3.25. The zero-order chi connectivity index (χ0) is 20.0. The van der Waals surface area contributed by atoms with Gasteiger partial charge in [-0.05, 0) is 49.8 Å². The molecule has 1 fully saturated rings. The van der Waals surface area contributed by atoms with Crippen molar-refractivity contribution in [2.45, 2.75) is 37.7 Å². The number of amides is 1. The minimum Gasteiger partial charge on any atom is -0.445 e. The van der Waals surface area contributed by atoms with Crippen molar-refractivity contribution < 1.29 is 17.9 Å². The third-order valence-corrected chi connectivity index (χ3v) is 7.02. The number of piperidine rings is 1. The van der Waals surface area contributed by atoms with Gasteiger partial charge in [0.2, 0.25) is 0 Å². The van der Waals surface area contributed by atoms with Gasteiger partial charge in [0.15, 0.2) is 9.84 Å². The Labute approximate surface area is 167 Å². The van der Waals surface area contributed by atoms with E-state index in [2.05, 4.69) is 0 Å². The van der Waals surface area contributed by atoms with Crippen molar-refractivity contribution in [1.29, 1.82) is 0 Å². The third kappa shape index (κ3) is 5.58. The highest BCUT2D eigenvalue weighted by atomic mass is 32.2. The average molecular weight is 402 g/mol. The van der Waals surface area contributed by atoms with E-state index in [1.807, 2.05) is 49.4 Å². The summed E-state index contributed by atoms with van der Waals surface area (Å²) < 4.78 is 30.4. The summed E-state index contributed by atoms with van der Waals surface area (Å²) in [6.07, 6.45) is 1.95. The van der Waals surface area contributed by atoms with Crippen LogP contribution in [0.15, 0.2) is 59.5 Å². The van der Waals surface area contributed by atoms with Gasteiger partial charge in [0, 0.05) is 13.1 Å². The maximum Gasteiger partial charge on any atom is 0.410 e. The molecule has 0 unspecified atom stereocenters. The Morgan fingerprint density at radius 1 is 1.04 bits per heavy atom. The molecule has 2 aromatic carbocycles. The number of hydrogen-bond donors (Lipinski definition) is 0. The van der Waals surface area contributed by atoms with Gasteiger partial charge < -0.3 is 9.64 Å². The van der Waals surface area contributed by atoms with Crippen LogP contribution in [0.3, 0.4) is 0 Å². The molecule has 5 nitrogen and oxygen atoms in total. The van der Waals surface area contributed by atoms with Crippen LogP contribution in [0, 0.1) is 12.8 Å². The van der Waals surface area contributed by atoms with E-state index in [1.54, 1.807) is 17.0 Å². The SMILES string of the molecule is Cc1ccc(S(=O)(=O)CCC2CCN(C(=O)OCc3ccccc3)CC2)cc1. The Morgan fingerprint density at radius 3 is 2.32 bits per heavy atom. The maximum absolute atomic E-state index is 12.5. The maximum atomic E-state index is 12.5. The summed E-state index contributed by atoms with van der Waals surface area (Å²) in [6.45, 7) is 3.44. The molecular formula is C22H27NO4S. The number of carbonyl (C=O) groups excluding carboxylic acids is 1. The number of nitrogens with zero attached hydrogens (tertiary/aromatic N) is 1. The summed E-state index contributed by atoms with van der Waals surface area (Å²) in [4.78, 5) is 14.3. The Kier molecular flexibility index (Phi) is 6.73. The molecule has 1 saturated heterocycles. The van der Waals surface area contributed by atoms with Gasteiger partial charge >= 0.3 is 6.09 Å². The van der Waals surface area contributed by atoms with Crippen LogP contribution in [0.2, 0.25) is 0 Å². The van der Waals surface area contributed by atoms with E-state index in [4.69, 9.17) is 4.74 Å². The van der Waals surface area contributed by atoms with Gasteiger partial charge in [0.25, 0.3) is 0 Å². The van der Waals surface area contributed by atoms with E-state index in [1.165, 1.54) is 0 Å². The molecule has 2 aromatic rings. The molecule has 0 saturated carbocycles. The molecule has 1 heterocycles. The van der Waals surface area contributed by atoms with E-state index in [9.17, 15) is 13.2 Å². The molecule has 3 rings (SSSR count). The summed E-state index contributed by atoms with van der Waals surface area (Å²) >= 11 is 0. The number of hydrogen-bond acceptors (Lipinski definition) is 4. The van der Waals surface area contributed by atoms with Crippen molar-refractivity contribution in [2.75, 3.05) is 18.8 Å². The molecule has 6 heteroatoms. The van der Waals surface area contributed by atoms with Gasteiger partial charge in [-0.3, -0.25) is 0 Å². The number of aryl methyl sites for hydroxylation is 1. The smallest absolute Gasteiger partial charge is 0.410 e. The minimum atomic E-state index is -3.25. The molecule has 0 bridgehead atoms. The van der Waals surface area contributed by atoms with Crippen molar-refractivity contribution in [3.63, 3.8) is 0 Å². The van der Waals surface area contributed by atoms with Crippen LogP contribution in [0.25, 0.3) is 0 Å². The predicted molar refractivity (Wildman–Crippen MR) is 109 cm³/mol. The standard InChI is InChI=1S/C22H27NO4S/c1-18-7-9-21(10-8-18)28(25,26)16-13-19-11-14-23(15-12-19)22(24)27-17-20-5-3-2-4-6-20/h2-10,19H,11-17H2,1H3. The van der Waals surface area contributed by atoms with Gasteiger partial charge in [0.1, 0.15) is 6.61 Å². The fourth-order valence-corrected chi connectivity index (χ4v) is 4.83. The number of sulfone groups is 1. The van der Waals surface area contributed by atoms with Gasteiger partial charge in [-0.15, -0.1) is 0 Å². The zero-order valence-corrected chi connectivity index (χ0v) is 17.0. The van der Waals surface area contributed by atoms with Crippen LogP contribution in [-0.2, 0) is 21.2 Å². The number of benzene rings is 2. The molecule has 1 amide bonds. The third-order valence-electron chi connectivity index (χ3n) is 5.25. The van der Waals surface area contributed by atoms with Crippen molar-refractivity contribution in [3.8, 4) is 0 Å². The summed E-state index contributed by atoms with van der Waals surface area (Å²) in [5.74, 6) is 0.470. The van der Waals surface area contributed by atoms with Crippen LogP contribution in [-0.4, -0.2) is 38.3 Å². The number of ether oxygens (including phenoxy) is 1. The quantitative estimate of drug-likeness (QED) is 0.727. The molecule has 0 aliphatic carbocycles. The first kappa shape index (κ1) is 20.4. The topological polar surface area (TPSA) is 63.7 Å². The molecule has 0 N–H and O–H groups in total.